The number of rotatable bonds is 2. The molecule has 1 aliphatic rings. The largest absolute Gasteiger partial charge is 0.485 e. The molecular weight excluding hydrogens is 312 g/mol. The lowest BCUT2D eigenvalue weighted by atomic mass is 9.93. The lowest BCUT2D eigenvalue weighted by Gasteiger charge is -2.32. The minimum Gasteiger partial charge on any atom is -0.485 e. The number of hydrogen-bond acceptors (Lipinski definition) is 2. The third-order valence-corrected chi connectivity index (χ3v) is 4.58. The molecule has 21 heavy (non-hydrogen) atoms. The van der Waals surface area contributed by atoms with Gasteiger partial charge in [-0.2, -0.15) is 0 Å². The summed E-state index contributed by atoms with van der Waals surface area (Å²) in [5.74, 6) is 0.225. The van der Waals surface area contributed by atoms with E-state index in [1.165, 1.54) is 12.1 Å². The number of fused-ring (bicyclic) bond motifs is 1. The molecule has 0 spiro atoms. The summed E-state index contributed by atoms with van der Waals surface area (Å²) in [4.78, 5) is 0. The molecule has 0 saturated carbocycles. The van der Waals surface area contributed by atoms with E-state index >= 15 is 0 Å². The maximum atomic E-state index is 13.5. The van der Waals surface area contributed by atoms with Crippen LogP contribution in [0.15, 0.2) is 36.4 Å². The van der Waals surface area contributed by atoms with Gasteiger partial charge in [-0.3, -0.25) is 0 Å². The normalized spacial score (nSPS) is 20.8. The fraction of sp³-hybridized carbons (Fsp3) is 0.250. The van der Waals surface area contributed by atoms with E-state index in [-0.39, 0.29) is 18.0 Å². The minimum absolute atomic E-state index is 0.0781. The van der Waals surface area contributed by atoms with Crippen molar-refractivity contribution in [2.24, 2.45) is 0 Å². The Morgan fingerprint density at radius 3 is 2.76 bits per heavy atom. The van der Waals surface area contributed by atoms with Crippen LogP contribution in [0.2, 0.25) is 10.0 Å². The molecular formula is C16H14Cl2FNO. The highest BCUT2D eigenvalue weighted by Crippen LogP contribution is 2.43. The van der Waals surface area contributed by atoms with Crippen LogP contribution in [-0.4, -0.2) is 7.05 Å². The van der Waals surface area contributed by atoms with E-state index < -0.39 is 0 Å². The second-order valence-electron chi connectivity index (χ2n) is 5.01. The van der Waals surface area contributed by atoms with Gasteiger partial charge in [0.05, 0.1) is 10.0 Å². The van der Waals surface area contributed by atoms with Gasteiger partial charge in [0.2, 0.25) is 0 Å². The molecule has 0 saturated heterocycles. The molecule has 2 nitrogen and oxygen atoms in total. The second-order valence-corrected chi connectivity index (χ2v) is 5.79. The van der Waals surface area contributed by atoms with E-state index in [0.717, 1.165) is 11.1 Å². The van der Waals surface area contributed by atoms with Gasteiger partial charge in [-0.1, -0.05) is 41.4 Å². The molecule has 2 aromatic carbocycles. The highest BCUT2D eigenvalue weighted by Gasteiger charge is 2.30. The Kier molecular flexibility index (Phi) is 4.07. The van der Waals surface area contributed by atoms with Crippen LogP contribution in [-0.2, 0) is 0 Å². The molecule has 0 radical (unpaired) electrons. The molecule has 0 aliphatic carbocycles. The zero-order chi connectivity index (χ0) is 15.0. The molecule has 0 fully saturated rings. The lowest BCUT2D eigenvalue weighted by molar-refractivity contribution is 0.153. The van der Waals surface area contributed by atoms with Gasteiger partial charge in [0, 0.05) is 29.7 Å². The summed E-state index contributed by atoms with van der Waals surface area (Å²) < 4.78 is 19.4. The molecule has 1 heterocycles. The van der Waals surface area contributed by atoms with Crippen LogP contribution in [0, 0.1) is 5.82 Å². The van der Waals surface area contributed by atoms with Crippen molar-refractivity contribution in [1.29, 1.82) is 0 Å². The number of benzene rings is 2. The fourth-order valence-electron chi connectivity index (χ4n) is 2.67. The van der Waals surface area contributed by atoms with Crippen LogP contribution in [0.5, 0.6) is 5.75 Å². The van der Waals surface area contributed by atoms with Crippen LogP contribution < -0.4 is 10.1 Å². The van der Waals surface area contributed by atoms with Gasteiger partial charge in [-0.25, -0.2) is 4.39 Å². The number of ether oxygens (including phenoxy) is 1. The van der Waals surface area contributed by atoms with E-state index in [4.69, 9.17) is 27.9 Å². The first kappa shape index (κ1) is 14.6. The van der Waals surface area contributed by atoms with Crippen molar-refractivity contribution in [1.82, 2.24) is 5.32 Å². The zero-order valence-electron chi connectivity index (χ0n) is 11.4. The third-order valence-electron chi connectivity index (χ3n) is 3.75. The predicted octanol–water partition coefficient (Wildman–Crippen LogP) is 4.92. The van der Waals surface area contributed by atoms with E-state index in [1.807, 2.05) is 19.2 Å². The van der Waals surface area contributed by atoms with Gasteiger partial charge in [-0.15, -0.1) is 0 Å². The van der Waals surface area contributed by atoms with Crippen LogP contribution in [0.4, 0.5) is 4.39 Å². The molecule has 1 aliphatic heterocycles. The van der Waals surface area contributed by atoms with Crippen LogP contribution >= 0.6 is 23.2 Å². The summed E-state index contributed by atoms with van der Waals surface area (Å²) in [6.45, 7) is 0. The van der Waals surface area contributed by atoms with Crippen LogP contribution in [0.1, 0.15) is 29.7 Å². The number of nitrogens with one attached hydrogen (secondary N) is 1. The Hall–Kier alpha value is -1.29. The van der Waals surface area contributed by atoms with Crippen molar-refractivity contribution in [3.63, 3.8) is 0 Å². The summed E-state index contributed by atoms with van der Waals surface area (Å²) in [6.07, 6.45) is 0.442. The Morgan fingerprint density at radius 1 is 1.19 bits per heavy atom. The van der Waals surface area contributed by atoms with Gasteiger partial charge < -0.3 is 10.1 Å². The maximum absolute atomic E-state index is 13.5. The standard InChI is InChI=1S/C16H14Cl2FNO/c1-20-13-8-15(11-3-2-4-12(17)16(11)18)21-14-7-9(19)5-6-10(13)14/h2-7,13,15,20H,8H2,1H3. The molecule has 110 valence electrons. The lowest BCUT2D eigenvalue weighted by Crippen LogP contribution is -2.27. The zero-order valence-corrected chi connectivity index (χ0v) is 12.9. The van der Waals surface area contributed by atoms with E-state index in [1.54, 1.807) is 12.1 Å². The predicted molar refractivity (Wildman–Crippen MR) is 82.6 cm³/mol. The first-order valence-electron chi connectivity index (χ1n) is 6.67. The van der Waals surface area contributed by atoms with Crippen molar-refractivity contribution in [2.45, 2.75) is 18.6 Å². The summed E-state index contributed by atoms with van der Waals surface area (Å²) in [7, 11) is 1.87. The van der Waals surface area contributed by atoms with E-state index in [2.05, 4.69) is 5.32 Å². The quantitative estimate of drug-likeness (QED) is 0.846. The Morgan fingerprint density at radius 2 is 2.00 bits per heavy atom. The van der Waals surface area contributed by atoms with Crippen LogP contribution in [0.25, 0.3) is 0 Å². The first-order valence-corrected chi connectivity index (χ1v) is 7.43. The number of hydrogen-bond donors (Lipinski definition) is 1. The molecule has 2 aromatic rings. The molecule has 3 rings (SSSR count). The molecule has 0 amide bonds. The molecule has 1 N–H and O–H groups in total. The summed E-state index contributed by atoms with van der Waals surface area (Å²) in [5, 5.41) is 4.21. The van der Waals surface area contributed by atoms with Crippen molar-refractivity contribution >= 4 is 23.2 Å². The highest BCUT2D eigenvalue weighted by atomic mass is 35.5. The fourth-order valence-corrected chi connectivity index (χ4v) is 3.10. The third kappa shape index (κ3) is 2.73. The minimum atomic E-state index is -0.318. The molecule has 0 bridgehead atoms. The monoisotopic (exact) mass is 325 g/mol. The van der Waals surface area contributed by atoms with Crippen molar-refractivity contribution in [3.05, 3.63) is 63.4 Å². The molecule has 5 heteroatoms. The Bertz CT molecular complexity index is 677. The summed E-state index contributed by atoms with van der Waals surface area (Å²) >= 11 is 12.3. The van der Waals surface area contributed by atoms with Gasteiger partial charge in [0.15, 0.2) is 0 Å². The van der Waals surface area contributed by atoms with Crippen LogP contribution in [0.3, 0.4) is 0 Å². The first-order chi connectivity index (χ1) is 10.1. The van der Waals surface area contributed by atoms with E-state index in [0.29, 0.717) is 22.2 Å². The summed E-state index contributed by atoms with van der Waals surface area (Å²) in [5.41, 5.74) is 1.77. The molecule has 2 unspecified atom stereocenters. The smallest absolute Gasteiger partial charge is 0.127 e. The maximum Gasteiger partial charge on any atom is 0.127 e. The topological polar surface area (TPSA) is 21.3 Å². The average molecular weight is 326 g/mol. The Balaban J connectivity index is 2.02. The van der Waals surface area contributed by atoms with Gasteiger partial charge in [-0.05, 0) is 19.2 Å². The Labute approximate surface area is 132 Å². The van der Waals surface area contributed by atoms with Crippen molar-refractivity contribution < 1.29 is 9.13 Å². The average Bonchev–Trinajstić information content (AvgIpc) is 2.48. The molecule has 0 aromatic heterocycles. The second kappa shape index (κ2) is 5.84. The van der Waals surface area contributed by atoms with Crippen molar-refractivity contribution in [2.75, 3.05) is 7.05 Å². The van der Waals surface area contributed by atoms with Gasteiger partial charge >= 0.3 is 0 Å². The van der Waals surface area contributed by atoms with Gasteiger partial charge in [0.25, 0.3) is 0 Å². The SMILES string of the molecule is CNC1CC(c2cccc(Cl)c2Cl)Oc2cc(F)ccc21. The highest BCUT2D eigenvalue weighted by molar-refractivity contribution is 6.42. The summed E-state index contributed by atoms with van der Waals surface area (Å²) in [6, 6.07) is 10.1. The van der Waals surface area contributed by atoms with Crippen molar-refractivity contribution in [3.8, 4) is 5.75 Å². The van der Waals surface area contributed by atoms with Gasteiger partial charge in [0.1, 0.15) is 17.7 Å². The molecule has 2 atom stereocenters. The number of halogens is 3. The van der Waals surface area contributed by atoms with E-state index in [9.17, 15) is 4.39 Å².